The van der Waals surface area contributed by atoms with E-state index in [2.05, 4.69) is 15.9 Å². The quantitative estimate of drug-likeness (QED) is 0.799. The normalized spacial score (nSPS) is 10.6. The van der Waals surface area contributed by atoms with Crippen LogP contribution in [0.1, 0.15) is 6.92 Å². The smallest absolute Gasteiger partial charge is 0.256 e. The number of benzene rings is 1. The van der Waals surface area contributed by atoms with E-state index in [-0.39, 0.29) is 11.2 Å². The van der Waals surface area contributed by atoms with Gasteiger partial charge in [0.25, 0.3) is 5.56 Å². The highest BCUT2D eigenvalue weighted by molar-refractivity contribution is 9.10. The lowest BCUT2D eigenvalue weighted by molar-refractivity contribution is 0.615. The zero-order chi connectivity index (χ0) is 13.1. The van der Waals surface area contributed by atoms with Crippen molar-refractivity contribution >= 4 is 27.7 Å². The largest absolute Gasteiger partial charge is 0.281 e. The van der Waals surface area contributed by atoms with Crippen molar-refractivity contribution in [2.24, 2.45) is 0 Å². The molecule has 0 bridgehead atoms. The Morgan fingerprint density at radius 1 is 1.33 bits per heavy atom. The topological polar surface area (TPSA) is 22.0 Å². The van der Waals surface area contributed by atoms with Crippen LogP contribution in [0.4, 0.5) is 4.39 Å². The molecule has 2 aromatic rings. The number of halogens is 2. The van der Waals surface area contributed by atoms with Crippen molar-refractivity contribution < 1.29 is 4.39 Å². The molecular formula is C13H11BrFNOS. The van der Waals surface area contributed by atoms with Gasteiger partial charge in [-0.1, -0.05) is 22.9 Å². The molecule has 0 atom stereocenters. The third-order valence-corrected chi connectivity index (χ3v) is 3.74. The lowest BCUT2D eigenvalue weighted by atomic mass is 10.3. The Balaban J connectivity index is 2.51. The number of thioether (sulfide) groups is 1. The highest BCUT2D eigenvalue weighted by Gasteiger charge is 2.07. The molecule has 94 valence electrons. The first kappa shape index (κ1) is 13.4. The molecule has 0 amide bonds. The maximum atomic E-state index is 13.7. The van der Waals surface area contributed by atoms with E-state index >= 15 is 0 Å². The molecule has 0 saturated carbocycles. The highest BCUT2D eigenvalue weighted by atomic mass is 79.9. The molecular weight excluding hydrogens is 317 g/mol. The van der Waals surface area contributed by atoms with Gasteiger partial charge in [0, 0.05) is 21.6 Å². The van der Waals surface area contributed by atoms with Crippen LogP contribution in [0.15, 0.2) is 50.7 Å². The Bertz CT molecular complexity index is 627. The minimum absolute atomic E-state index is 0.231. The molecule has 1 aromatic heterocycles. The van der Waals surface area contributed by atoms with Gasteiger partial charge < -0.3 is 0 Å². The van der Waals surface area contributed by atoms with E-state index in [1.54, 1.807) is 30.1 Å². The summed E-state index contributed by atoms with van der Waals surface area (Å²) in [6.45, 7) is 2.02. The van der Waals surface area contributed by atoms with Gasteiger partial charge in [-0.15, -0.1) is 11.8 Å². The molecule has 0 unspecified atom stereocenters. The number of pyridine rings is 1. The van der Waals surface area contributed by atoms with Crippen LogP contribution in [0.5, 0.6) is 0 Å². The van der Waals surface area contributed by atoms with Crippen LogP contribution < -0.4 is 5.56 Å². The summed E-state index contributed by atoms with van der Waals surface area (Å²) in [5, 5.41) is 0. The summed E-state index contributed by atoms with van der Waals surface area (Å²) in [6.07, 6.45) is 1.60. The van der Waals surface area contributed by atoms with Gasteiger partial charge in [-0.2, -0.15) is 0 Å². The Labute approximate surface area is 117 Å². The maximum absolute atomic E-state index is 13.7. The fraction of sp³-hybridized carbons (Fsp3) is 0.154. The Kier molecular flexibility index (Phi) is 4.24. The van der Waals surface area contributed by atoms with Crippen molar-refractivity contribution in [2.75, 3.05) is 5.75 Å². The van der Waals surface area contributed by atoms with Crippen LogP contribution in [0.2, 0.25) is 0 Å². The predicted molar refractivity (Wildman–Crippen MR) is 76.1 cm³/mol. The monoisotopic (exact) mass is 327 g/mol. The predicted octanol–water partition coefficient (Wildman–Crippen LogP) is 3.85. The maximum Gasteiger partial charge on any atom is 0.256 e. The van der Waals surface area contributed by atoms with Crippen molar-refractivity contribution in [3.05, 3.63) is 57.2 Å². The molecule has 1 aromatic carbocycles. The minimum Gasteiger partial charge on any atom is -0.281 e. The van der Waals surface area contributed by atoms with Crippen molar-refractivity contribution in [3.8, 4) is 5.69 Å². The van der Waals surface area contributed by atoms with Crippen molar-refractivity contribution in [1.29, 1.82) is 0 Å². The second kappa shape index (κ2) is 5.71. The Morgan fingerprint density at radius 2 is 2.11 bits per heavy atom. The summed E-state index contributed by atoms with van der Waals surface area (Å²) in [5.41, 5.74) is 0.0212. The fourth-order valence-electron chi connectivity index (χ4n) is 1.59. The van der Waals surface area contributed by atoms with Crippen molar-refractivity contribution in [3.63, 3.8) is 0 Å². The fourth-order valence-corrected chi connectivity index (χ4v) is 2.61. The minimum atomic E-state index is -0.420. The van der Waals surface area contributed by atoms with Gasteiger partial charge in [-0.3, -0.25) is 9.36 Å². The molecule has 18 heavy (non-hydrogen) atoms. The van der Waals surface area contributed by atoms with Gasteiger partial charge in [-0.05, 0) is 30.0 Å². The van der Waals surface area contributed by atoms with E-state index in [0.717, 1.165) is 15.1 Å². The first-order valence-electron chi connectivity index (χ1n) is 5.42. The third kappa shape index (κ3) is 2.84. The first-order chi connectivity index (χ1) is 8.61. The average molecular weight is 328 g/mol. The van der Waals surface area contributed by atoms with E-state index in [0.29, 0.717) is 0 Å². The van der Waals surface area contributed by atoms with E-state index < -0.39 is 5.82 Å². The molecule has 0 N–H and O–H groups in total. The summed E-state index contributed by atoms with van der Waals surface area (Å²) in [7, 11) is 0. The third-order valence-electron chi connectivity index (χ3n) is 2.37. The van der Waals surface area contributed by atoms with E-state index in [1.165, 1.54) is 16.7 Å². The molecule has 5 heteroatoms. The molecule has 0 aliphatic heterocycles. The van der Waals surface area contributed by atoms with Crippen LogP contribution in [0.25, 0.3) is 5.69 Å². The molecule has 0 radical (unpaired) electrons. The number of rotatable bonds is 3. The second-order valence-electron chi connectivity index (χ2n) is 3.60. The molecule has 2 rings (SSSR count). The van der Waals surface area contributed by atoms with Gasteiger partial charge in [0.05, 0.1) is 5.69 Å². The van der Waals surface area contributed by atoms with Crippen LogP contribution in [-0.2, 0) is 0 Å². The molecule has 0 aliphatic carbocycles. The number of hydrogen-bond acceptors (Lipinski definition) is 2. The number of hydrogen-bond donors (Lipinski definition) is 0. The van der Waals surface area contributed by atoms with E-state index in [1.807, 2.05) is 13.0 Å². The summed E-state index contributed by atoms with van der Waals surface area (Å²) < 4.78 is 15.7. The first-order valence-corrected chi connectivity index (χ1v) is 7.20. The van der Waals surface area contributed by atoms with Gasteiger partial charge in [0.1, 0.15) is 5.82 Å². The van der Waals surface area contributed by atoms with Crippen molar-refractivity contribution in [2.45, 2.75) is 11.8 Å². The highest BCUT2D eigenvalue weighted by Crippen LogP contribution is 2.20. The standard InChI is InChI=1S/C13H11BrFNOS/c1-2-18-10-5-6-16(13(17)8-10)12-7-9(14)3-4-11(12)15/h3-8H,2H2,1H3. The SMILES string of the molecule is CCSc1ccn(-c2cc(Br)ccc2F)c(=O)c1. The van der Waals surface area contributed by atoms with Crippen LogP contribution >= 0.6 is 27.7 Å². The lowest BCUT2D eigenvalue weighted by Crippen LogP contribution is -2.17. The van der Waals surface area contributed by atoms with E-state index in [9.17, 15) is 9.18 Å². The molecule has 0 fully saturated rings. The molecule has 2 nitrogen and oxygen atoms in total. The summed E-state index contributed by atoms with van der Waals surface area (Å²) >= 11 is 4.86. The zero-order valence-corrected chi connectivity index (χ0v) is 12.1. The van der Waals surface area contributed by atoms with Crippen LogP contribution in [-0.4, -0.2) is 10.3 Å². The summed E-state index contributed by atoms with van der Waals surface area (Å²) in [5.74, 6) is 0.477. The Hall–Kier alpha value is -1.07. The summed E-state index contributed by atoms with van der Waals surface area (Å²) in [6, 6.07) is 7.86. The number of nitrogens with zero attached hydrogens (tertiary/aromatic N) is 1. The van der Waals surface area contributed by atoms with Gasteiger partial charge in [0.15, 0.2) is 0 Å². The zero-order valence-electron chi connectivity index (χ0n) is 9.69. The van der Waals surface area contributed by atoms with Gasteiger partial charge in [-0.25, -0.2) is 4.39 Å². The molecule has 0 spiro atoms. The van der Waals surface area contributed by atoms with E-state index in [4.69, 9.17) is 0 Å². The van der Waals surface area contributed by atoms with Gasteiger partial charge >= 0.3 is 0 Å². The van der Waals surface area contributed by atoms with Crippen LogP contribution in [0, 0.1) is 5.82 Å². The molecule has 0 saturated heterocycles. The van der Waals surface area contributed by atoms with Crippen LogP contribution in [0.3, 0.4) is 0 Å². The molecule has 1 heterocycles. The second-order valence-corrected chi connectivity index (χ2v) is 5.85. The number of aromatic nitrogens is 1. The lowest BCUT2D eigenvalue weighted by Gasteiger charge is -2.08. The average Bonchev–Trinajstić information content (AvgIpc) is 2.33. The Morgan fingerprint density at radius 3 is 2.78 bits per heavy atom. The van der Waals surface area contributed by atoms with Gasteiger partial charge in [0.2, 0.25) is 0 Å². The van der Waals surface area contributed by atoms with Crippen molar-refractivity contribution in [1.82, 2.24) is 4.57 Å². The summed E-state index contributed by atoms with van der Waals surface area (Å²) in [4.78, 5) is 12.8. The molecule has 0 aliphatic rings.